The summed E-state index contributed by atoms with van der Waals surface area (Å²) in [6.45, 7) is 0. The SMILES string of the molecule is O=C1Oc2cccc3ccc4c(c23)N1c1ccccc1[P@]4(=O)c1ccccc1. The number of hydrogen-bond acceptors (Lipinski definition) is 3. The maximum absolute atomic E-state index is 14.7. The molecule has 0 bridgehead atoms. The molecule has 0 aromatic heterocycles. The number of carbonyl (C=O) groups is 1. The number of anilines is 2. The zero-order chi connectivity index (χ0) is 18.9. The van der Waals surface area contributed by atoms with E-state index in [1.807, 2.05) is 78.9 Å². The van der Waals surface area contributed by atoms with Crippen molar-refractivity contribution in [2.24, 2.45) is 0 Å². The maximum atomic E-state index is 14.7. The highest BCUT2D eigenvalue weighted by Crippen LogP contribution is 2.55. The summed E-state index contributed by atoms with van der Waals surface area (Å²) < 4.78 is 20.4. The van der Waals surface area contributed by atoms with Crippen LogP contribution in [0.2, 0.25) is 0 Å². The molecule has 4 nitrogen and oxygen atoms in total. The monoisotopic (exact) mass is 383 g/mol. The first-order chi connectivity index (χ1) is 13.7. The molecule has 2 aliphatic heterocycles. The second-order valence-electron chi connectivity index (χ2n) is 6.92. The number of carbonyl (C=O) groups excluding carboxylic acids is 1. The smallest absolute Gasteiger partial charge is 0.409 e. The first kappa shape index (κ1) is 15.7. The van der Waals surface area contributed by atoms with E-state index < -0.39 is 13.2 Å². The van der Waals surface area contributed by atoms with Gasteiger partial charge >= 0.3 is 6.09 Å². The Bertz CT molecular complexity index is 1350. The van der Waals surface area contributed by atoms with Gasteiger partial charge in [-0.1, -0.05) is 60.7 Å². The van der Waals surface area contributed by atoms with Crippen LogP contribution in [0.25, 0.3) is 10.8 Å². The topological polar surface area (TPSA) is 46.6 Å². The van der Waals surface area contributed by atoms with Crippen molar-refractivity contribution in [3.8, 4) is 5.75 Å². The standard InChI is InChI=1S/C23H14NO3P/c25-23-24-17-10-4-5-12-19(17)28(26,16-8-2-1-3-9-16)20-14-13-15-7-6-11-18(27-23)21(15)22(20)24/h1-14H/t28-/m1/s1. The number of ether oxygens (including phenoxy) is 1. The number of amides is 1. The molecule has 0 saturated carbocycles. The molecule has 0 aliphatic carbocycles. The van der Waals surface area contributed by atoms with Gasteiger partial charge in [-0.15, -0.1) is 0 Å². The second kappa shape index (κ2) is 5.34. The van der Waals surface area contributed by atoms with E-state index in [4.69, 9.17) is 4.74 Å². The second-order valence-corrected chi connectivity index (χ2v) is 9.62. The van der Waals surface area contributed by atoms with Crippen molar-refractivity contribution in [2.45, 2.75) is 0 Å². The third kappa shape index (κ3) is 1.81. The summed E-state index contributed by atoms with van der Waals surface area (Å²) in [4.78, 5) is 14.5. The summed E-state index contributed by atoms with van der Waals surface area (Å²) in [5, 5.41) is 3.87. The summed E-state index contributed by atoms with van der Waals surface area (Å²) >= 11 is 0. The van der Waals surface area contributed by atoms with Crippen LogP contribution in [-0.2, 0) is 4.57 Å². The van der Waals surface area contributed by atoms with Gasteiger partial charge in [-0.2, -0.15) is 0 Å². The van der Waals surface area contributed by atoms with Crippen molar-refractivity contribution in [3.63, 3.8) is 0 Å². The summed E-state index contributed by atoms with van der Waals surface area (Å²) in [5.74, 6) is 0.509. The number of rotatable bonds is 1. The Morgan fingerprint density at radius 1 is 0.750 bits per heavy atom. The lowest BCUT2D eigenvalue weighted by Gasteiger charge is -2.38. The third-order valence-corrected chi connectivity index (χ3v) is 8.60. The minimum absolute atomic E-state index is 0.473. The fourth-order valence-corrected chi connectivity index (χ4v) is 7.29. The van der Waals surface area contributed by atoms with Gasteiger partial charge in [-0.05, 0) is 29.7 Å². The van der Waals surface area contributed by atoms with Gasteiger partial charge in [0.05, 0.1) is 11.4 Å². The summed E-state index contributed by atoms with van der Waals surface area (Å²) in [6, 6.07) is 26.4. The Morgan fingerprint density at radius 3 is 2.39 bits per heavy atom. The molecule has 0 unspecified atom stereocenters. The van der Waals surface area contributed by atoms with Crippen LogP contribution in [0, 0.1) is 0 Å². The molecule has 0 radical (unpaired) electrons. The Kier molecular flexibility index (Phi) is 2.99. The zero-order valence-electron chi connectivity index (χ0n) is 14.7. The lowest BCUT2D eigenvalue weighted by Crippen LogP contribution is -2.44. The van der Waals surface area contributed by atoms with Crippen LogP contribution in [0.3, 0.4) is 0 Å². The van der Waals surface area contributed by atoms with Crippen LogP contribution in [0.1, 0.15) is 0 Å². The quantitative estimate of drug-likeness (QED) is 0.457. The van der Waals surface area contributed by atoms with E-state index >= 15 is 0 Å². The van der Waals surface area contributed by atoms with E-state index in [2.05, 4.69) is 0 Å². The predicted octanol–water partition coefficient (Wildman–Crippen LogP) is 4.44. The summed E-state index contributed by atoms with van der Waals surface area (Å²) in [6.07, 6.45) is -0.473. The average molecular weight is 383 g/mol. The molecule has 6 rings (SSSR count). The number of fused-ring (bicyclic) bond motifs is 2. The Hall–Kier alpha value is -3.36. The van der Waals surface area contributed by atoms with Crippen molar-refractivity contribution in [1.29, 1.82) is 0 Å². The highest BCUT2D eigenvalue weighted by Gasteiger charge is 2.45. The normalized spacial score (nSPS) is 19.3. The van der Waals surface area contributed by atoms with Gasteiger partial charge < -0.3 is 9.30 Å². The van der Waals surface area contributed by atoms with Crippen molar-refractivity contribution in [2.75, 3.05) is 4.90 Å². The Balaban J connectivity index is 1.84. The molecule has 2 heterocycles. The van der Waals surface area contributed by atoms with E-state index in [9.17, 15) is 9.36 Å². The summed E-state index contributed by atoms with van der Waals surface area (Å²) in [5.41, 5.74) is 1.30. The molecule has 28 heavy (non-hydrogen) atoms. The van der Waals surface area contributed by atoms with Crippen LogP contribution >= 0.6 is 7.14 Å². The molecular formula is C23H14NO3P. The molecule has 1 amide bonds. The molecule has 5 heteroatoms. The molecule has 2 aliphatic rings. The van der Waals surface area contributed by atoms with Crippen LogP contribution in [-0.4, -0.2) is 6.09 Å². The van der Waals surface area contributed by atoms with Gasteiger partial charge in [0, 0.05) is 21.3 Å². The van der Waals surface area contributed by atoms with Crippen molar-refractivity contribution >= 4 is 51.3 Å². The fraction of sp³-hybridized carbons (Fsp3) is 0. The number of hydrogen-bond donors (Lipinski definition) is 0. The first-order valence-electron chi connectivity index (χ1n) is 9.03. The van der Waals surface area contributed by atoms with Crippen LogP contribution in [0.4, 0.5) is 16.2 Å². The lowest BCUT2D eigenvalue weighted by atomic mass is 10.0. The fourth-order valence-electron chi connectivity index (χ4n) is 4.30. The van der Waals surface area contributed by atoms with Gasteiger partial charge in [0.15, 0.2) is 7.14 Å². The largest absolute Gasteiger partial charge is 0.424 e. The van der Waals surface area contributed by atoms with Gasteiger partial charge in [0.25, 0.3) is 0 Å². The zero-order valence-corrected chi connectivity index (χ0v) is 15.6. The van der Waals surface area contributed by atoms with Gasteiger partial charge in [0.1, 0.15) is 5.75 Å². The van der Waals surface area contributed by atoms with Crippen LogP contribution in [0.5, 0.6) is 5.75 Å². The highest BCUT2D eigenvalue weighted by atomic mass is 31.2. The van der Waals surface area contributed by atoms with E-state index in [0.29, 0.717) is 27.7 Å². The number of benzene rings is 4. The van der Waals surface area contributed by atoms with E-state index in [1.54, 1.807) is 11.0 Å². The maximum Gasteiger partial charge on any atom is 0.424 e. The Morgan fingerprint density at radius 2 is 1.54 bits per heavy atom. The van der Waals surface area contributed by atoms with Crippen LogP contribution < -0.4 is 25.6 Å². The number of nitrogens with zero attached hydrogens (tertiary/aromatic N) is 1. The van der Waals surface area contributed by atoms with Gasteiger partial charge in [-0.25, -0.2) is 9.69 Å². The number of para-hydroxylation sites is 1. The lowest BCUT2D eigenvalue weighted by molar-refractivity contribution is 0.210. The molecule has 0 fully saturated rings. The molecule has 4 aromatic rings. The average Bonchev–Trinajstić information content (AvgIpc) is 2.74. The predicted molar refractivity (Wildman–Crippen MR) is 112 cm³/mol. The van der Waals surface area contributed by atoms with Gasteiger partial charge in [0.2, 0.25) is 0 Å². The van der Waals surface area contributed by atoms with E-state index in [0.717, 1.165) is 16.1 Å². The van der Waals surface area contributed by atoms with E-state index in [-0.39, 0.29) is 0 Å². The third-order valence-electron chi connectivity index (χ3n) is 5.48. The van der Waals surface area contributed by atoms with Crippen molar-refractivity contribution in [3.05, 3.63) is 84.9 Å². The van der Waals surface area contributed by atoms with Crippen molar-refractivity contribution < 1.29 is 14.1 Å². The van der Waals surface area contributed by atoms with Crippen molar-refractivity contribution in [1.82, 2.24) is 0 Å². The molecule has 0 saturated heterocycles. The summed E-state index contributed by atoms with van der Waals surface area (Å²) in [7, 11) is -3.15. The molecule has 0 N–H and O–H groups in total. The van der Waals surface area contributed by atoms with Gasteiger partial charge in [-0.3, -0.25) is 0 Å². The molecule has 134 valence electrons. The molecule has 4 aromatic carbocycles. The van der Waals surface area contributed by atoms with Crippen LogP contribution in [0.15, 0.2) is 84.9 Å². The minimum atomic E-state index is -3.15. The molecule has 1 atom stereocenters. The minimum Gasteiger partial charge on any atom is -0.409 e. The molecular weight excluding hydrogens is 369 g/mol. The van der Waals surface area contributed by atoms with E-state index in [1.165, 1.54) is 0 Å². The first-order valence-corrected chi connectivity index (χ1v) is 10.7. The molecule has 0 spiro atoms. The Labute approximate surface area is 161 Å². The highest BCUT2D eigenvalue weighted by molar-refractivity contribution is 7.86.